The lowest BCUT2D eigenvalue weighted by molar-refractivity contribution is -0.138. The number of amides is 1. The SMILES string of the molecule is CCOC(=O)C(C=N)=C(O)CC(C)(C)CNC(=O)OC(C)(C)C. The monoisotopic (exact) mass is 328 g/mol. The van der Waals surface area contributed by atoms with Crippen molar-refractivity contribution in [2.45, 2.75) is 53.6 Å². The zero-order valence-electron chi connectivity index (χ0n) is 14.8. The number of carbonyl (C=O) groups excluding carboxylic acids is 2. The molecule has 0 heterocycles. The Morgan fingerprint density at radius 2 is 1.78 bits per heavy atom. The van der Waals surface area contributed by atoms with Crippen LogP contribution in [0.15, 0.2) is 11.3 Å². The number of nitrogens with one attached hydrogen (secondary N) is 2. The molecule has 0 fully saturated rings. The normalized spacial score (nSPS) is 13.0. The Morgan fingerprint density at radius 3 is 2.22 bits per heavy atom. The van der Waals surface area contributed by atoms with Crippen LogP contribution in [0.1, 0.15) is 48.0 Å². The van der Waals surface area contributed by atoms with Crippen LogP contribution >= 0.6 is 0 Å². The third kappa shape index (κ3) is 8.85. The van der Waals surface area contributed by atoms with E-state index in [-0.39, 0.29) is 30.9 Å². The maximum absolute atomic E-state index is 11.7. The van der Waals surface area contributed by atoms with Crippen LogP contribution in [0.4, 0.5) is 4.79 Å². The van der Waals surface area contributed by atoms with Gasteiger partial charge in [0.25, 0.3) is 0 Å². The number of hydrogen-bond acceptors (Lipinski definition) is 6. The van der Waals surface area contributed by atoms with Crippen molar-refractivity contribution >= 4 is 18.3 Å². The molecule has 7 nitrogen and oxygen atoms in total. The number of ether oxygens (including phenoxy) is 2. The minimum atomic E-state index is -0.740. The van der Waals surface area contributed by atoms with Crippen molar-refractivity contribution in [3.63, 3.8) is 0 Å². The van der Waals surface area contributed by atoms with E-state index < -0.39 is 23.1 Å². The van der Waals surface area contributed by atoms with Crippen LogP contribution in [-0.2, 0) is 14.3 Å². The zero-order valence-corrected chi connectivity index (χ0v) is 14.8. The molecule has 0 aromatic carbocycles. The van der Waals surface area contributed by atoms with Gasteiger partial charge in [-0.25, -0.2) is 9.59 Å². The summed E-state index contributed by atoms with van der Waals surface area (Å²) >= 11 is 0. The average molecular weight is 328 g/mol. The molecule has 0 radical (unpaired) electrons. The van der Waals surface area contributed by atoms with E-state index in [1.165, 1.54) is 0 Å². The fourth-order valence-electron chi connectivity index (χ4n) is 1.71. The molecule has 0 unspecified atom stereocenters. The summed E-state index contributed by atoms with van der Waals surface area (Å²) in [6.45, 7) is 11.0. The summed E-state index contributed by atoms with van der Waals surface area (Å²) in [5, 5.41) is 19.9. The molecule has 132 valence electrons. The molecule has 0 spiro atoms. The summed E-state index contributed by atoms with van der Waals surface area (Å²) in [6.07, 6.45) is 0.323. The zero-order chi connectivity index (χ0) is 18.3. The first-order valence-corrected chi connectivity index (χ1v) is 7.48. The second-order valence-corrected chi connectivity index (χ2v) is 6.92. The van der Waals surface area contributed by atoms with Gasteiger partial charge in [-0.3, -0.25) is 0 Å². The number of hydrogen-bond donors (Lipinski definition) is 3. The second-order valence-electron chi connectivity index (χ2n) is 6.92. The third-order valence-electron chi connectivity index (χ3n) is 2.71. The van der Waals surface area contributed by atoms with Gasteiger partial charge in [0.05, 0.1) is 6.61 Å². The predicted octanol–water partition coefficient (Wildman–Crippen LogP) is 2.95. The van der Waals surface area contributed by atoms with E-state index >= 15 is 0 Å². The van der Waals surface area contributed by atoms with Gasteiger partial charge in [0.1, 0.15) is 16.9 Å². The Labute approximate surface area is 137 Å². The molecule has 3 N–H and O–H groups in total. The molecule has 0 aliphatic heterocycles. The summed E-state index contributed by atoms with van der Waals surface area (Å²) < 4.78 is 9.93. The van der Waals surface area contributed by atoms with Gasteiger partial charge in [0.15, 0.2) is 0 Å². The maximum atomic E-state index is 11.7. The van der Waals surface area contributed by atoms with Crippen molar-refractivity contribution in [1.29, 1.82) is 5.41 Å². The molecule has 0 aliphatic rings. The Morgan fingerprint density at radius 1 is 1.22 bits per heavy atom. The van der Waals surface area contributed by atoms with Crippen LogP contribution in [0, 0.1) is 10.8 Å². The molecule has 0 aromatic heterocycles. The topological polar surface area (TPSA) is 109 Å². The summed E-state index contributed by atoms with van der Waals surface area (Å²) in [7, 11) is 0. The van der Waals surface area contributed by atoms with Crippen molar-refractivity contribution < 1.29 is 24.2 Å². The molecule has 1 amide bonds. The van der Waals surface area contributed by atoms with E-state index in [0.29, 0.717) is 0 Å². The average Bonchev–Trinajstić information content (AvgIpc) is 2.35. The van der Waals surface area contributed by atoms with Gasteiger partial charge in [-0.15, -0.1) is 0 Å². The molecule has 0 aromatic rings. The van der Waals surface area contributed by atoms with Crippen LogP contribution in [0.2, 0.25) is 0 Å². The second kappa shape index (κ2) is 8.55. The lowest BCUT2D eigenvalue weighted by Crippen LogP contribution is -2.38. The molecule has 0 saturated heterocycles. The predicted molar refractivity (Wildman–Crippen MR) is 87.7 cm³/mol. The van der Waals surface area contributed by atoms with E-state index in [4.69, 9.17) is 14.9 Å². The highest BCUT2D eigenvalue weighted by molar-refractivity contribution is 6.08. The highest BCUT2D eigenvalue weighted by Gasteiger charge is 2.25. The maximum Gasteiger partial charge on any atom is 0.407 e. The van der Waals surface area contributed by atoms with E-state index in [1.54, 1.807) is 27.7 Å². The number of aliphatic hydroxyl groups is 1. The molecule has 0 saturated carbocycles. The van der Waals surface area contributed by atoms with E-state index in [1.807, 2.05) is 13.8 Å². The highest BCUT2D eigenvalue weighted by Crippen LogP contribution is 2.25. The van der Waals surface area contributed by atoms with Crippen LogP contribution < -0.4 is 5.32 Å². The van der Waals surface area contributed by atoms with Crippen LogP contribution in [0.5, 0.6) is 0 Å². The van der Waals surface area contributed by atoms with Crippen molar-refractivity contribution in [1.82, 2.24) is 5.32 Å². The van der Waals surface area contributed by atoms with Gasteiger partial charge in [-0.2, -0.15) is 0 Å². The van der Waals surface area contributed by atoms with Gasteiger partial charge < -0.3 is 25.3 Å². The number of esters is 1. The molecule has 0 aliphatic carbocycles. The van der Waals surface area contributed by atoms with E-state index in [9.17, 15) is 14.7 Å². The summed E-state index contributed by atoms with van der Waals surface area (Å²) in [6, 6.07) is 0. The van der Waals surface area contributed by atoms with Crippen LogP contribution in [-0.4, -0.2) is 42.1 Å². The lowest BCUT2D eigenvalue weighted by atomic mass is 9.87. The Bertz CT molecular complexity index is 475. The van der Waals surface area contributed by atoms with Crippen molar-refractivity contribution in [2.24, 2.45) is 5.41 Å². The van der Waals surface area contributed by atoms with E-state index in [2.05, 4.69) is 5.32 Å². The first-order chi connectivity index (χ1) is 10.4. The standard InChI is InChI=1S/C16H28N2O5/c1-7-22-13(20)11(9-17)12(19)8-16(5,6)10-18-14(21)23-15(2,3)4/h9,17,19H,7-8,10H2,1-6H3,(H,18,21). The quantitative estimate of drug-likeness (QED) is 0.288. The van der Waals surface area contributed by atoms with Crippen molar-refractivity contribution in [2.75, 3.05) is 13.2 Å². The fourth-order valence-corrected chi connectivity index (χ4v) is 1.71. The van der Waals surface area contributed by atoms with Crippen LogP contribution in [0.25, 0.3) is 0 Å². The van der Waals surface area contributed by atoms with E-state index in [0.717, 1.165) is 6.21 Å². The van der Waals surface area contributed by atoms with Gasteiger partial charge >= 0.3 is 12.1 Å². The summed E-state index contributed by atoms with van der Waals surface area (Å²) in [5.41, 5.74) is -1.31. The molecule has 0 bridgehead atoms. The van der Waals surface area contributed by atoms with Gasteiger partial charge in [0, 0.05) is 19.2 Å². The number of aliphatic hydroxyl groups excluding tert-OH is 1. The third-order valence-corrected chi connectivity index (χ3v) is 2.71. The smallest absolute Gasteiger partial charge is 0.407 e. The Balaban J connectivity index is 4.80. The molecule has 7 heteroatoms. The minimum absolute atomic E-state index is 0.103. The number of carbonyl (C=O) groups is 2. The fraction of sp³-hybridized carbons (Fsp3) is 0.688. The van der Waals surface area contributed by atoms with Gasteiger partial charge in [0.2, 0.25) is 0 Å². The number of alkyl carbamates (subject to hydrolysis) is 1. The van der Waals surface area contributed by atoms with Crippen molar-refractivity contribution in [3.8, 4) is 0 Å². The van der Waals surface area contributed by atoms with Crippen LogP contribution in [0.3, 0.4) is 0 Å². The van der Waals surface area contributed by atoms with Crippen molar-refractivity contribution in [3.05, 3.63) is 11.3 Å². The number of allylic oxidation sites excluding steroid dienone is 1. The molecule has 0 rings (SSSR count). The number of rotatable bonds is 7. The van der Waals surface area contributed by atoms with Gasteiger partial charge in [-0.1, -0.05) is 13.8 Å². The molecule has 23 heavy (non-hydrogen) atoms. The molecule has 0 atom stereocenters. The molecular formula is C16H28N2O5. The summed E-state index contributed by atoms with van der Waals surface area (Å²) in [5.74, 6) is -0.981. The lowest BCUT2D eigenvalue weighted by Gasteiger charge is -2.26. The minimum Gasteiger partial charge on any atom is -0.511 e. The Hall–Kier alpha value is -2.05. The molecular weight excluding hydrogens is 300 g/mol. The first kappa shape index (κ1) is 20.9. The first-order valence-electron chi connectivity index (χ1n) is 7.48. The Kier molecular flexibility index (Phi) is 7.79. The van der Waals surface area contributed by atoms with Gasteiger partial charge in [-0.05, 0) is 33.1 Å². The largest absolute Gasteiger partial charge is 0.511 e. The highest BCUT2D eigenvalue weighted by atomic mass is 16.6. The summed E-state index contributed by atoms with van der Waals surface area (Å²) in [4.78, 5) is 23.3.